The van der Waals surface area contributed by atoms with Gasteiger partial charge in [0.1, 0.15) is 11.8 Å². The lowest BCUT2D eigenvalue weighted by Gasteiger charge is -2.12. The van der Waals surface area contributed by atoms with Gasteiger partial charge in [0.2, 0.25) is 5.95 Å². The van der Waals surface area contributed by atoms with E-state index >= 15 is 0 Å². The molecule has 0 bridgehead atoms. The molecule has 1 unspecified atom stereocenters. The van der Waals surface area contributed by atoms with Gasteiger partial charge in [-0.3, -0.25) is 0 Å². The number of hydrogen-bond acceptors (Lipinski definition) is 5. The summed E-state index contributed by atoms with van der Waals surface area (Å²) in [5.74, 6) is 0.475. The maximum Gasteiger partial charge on any atom is 0.224 e. The van der Waals surface area contributed by atoms with E-state index in [-0.39, 0.29) is 6.10 Å². The highest BCUT2D eigenvalue weighted by atomic mass is 16.5. The predicted molar refractivity (Wildman–Crippen MR) is 61.1 cm³/mol. The van der Waals surface area contributed by atoms with Crippen molar-refractivity contribution in [1.82, 2.24) is 9.97 Å². The molecule has 5 heteroatoms. The van der Waals surface area contributed by atoms with Crippen molar-refractivity contribution in [3.05, 3.63) is 17.5 Å². The van der Waals surface area contributed by atoms with Crippen molar-refractivity contribution in [2.45, 2.75) is 26.9 Å². The van der Waals surface area contributed by atoms with Gasteiger partial charge in [-0.05, 0) is 26.8 Å². The van der Waals surface area contributed by atoms with Gasteiger partial charge in [-0.1, -0.05) is 0 Å². The molecule has 0 radical (unpaired) electrons. The molecule has 0 aromatic carbocycles. The van der Waals surface area contributed by atoms with E-state index < -0.39 is 0 Å². The number of nitrogens with one attached hydrogen (secondary N) is 1. The summed E-state index contributed by atoms with van der Waals surface area (Å²) in [5, 5.41) is 11.8. The van der Waals surface area contributed by atoms with Crippen LogP contribution in [-0.4, -0.2) is 29.2 Å². The van der Waals surface area contributed by atoms with E-state index in [2.05, 4.69) is 15.3 Å². The summed E-state index contributed by atoms with van der Waals surface area (Å²) in [6.45, 7) is 7.06. The molecule has 0 amide bonds. The Morgan fingerprint density at radius 2 is 2.31 bits per heavy atom. The van der Waals surface area contributed by atoms with Crippen LogP contribution in [0.3, 0.4) is 0 Å². The quantitative estimate of drug-likeness (QED) is 0.814. The highest BCUT2D eigenvalue weighted by Crippen LogP contribution is 2.04. The van der Waals surface area contributed by atoms with Crippen LogP contribution in [0, 0.1) is 18.3 Å². The lowest BCUT2D eigenvalue weighted by Crippen LogP contribution is -2.21. The molecule has 1 atom stereocenters. The van der Waals surface area contributed by atoms with Crippen molar-refractivity contribution < 1.29 is 4.74 Å². The fourth-order valence-electron chi connectivity index (χ4n) is 1.28. The molecular weight excluding hydrogens is 204 g/mol. The second kappa shape index (κ2) is 6.03. The number of nitrogens with zero attached hydrogens (tertiary/aromatic N) is 3. The van der Waals surface area contributed by atoms with E-state index in [1.165, 1.54) is 0 Å². The second-order valence-corrected chi connectivity index (χ2v) is 3.48. The van der Waals surface area contributed by atoms with E-state index in [0.717, 1.165) is 5.69 Å². The molecule has 0 aliphatic carbocycles. The van der Waals surface area contributed by atoms with Gasteiger partial charge in [-0.15, -0.1) is 0 Å². The van der Waals surface area contributed by atoms with Gasteiger partial charge in [0, 0.05) is 18.8 Å². The summed E-state index contributed by atoms with van der Waals surface area (Å²) in [4.78, 5) is 8.23. The normalized spacial score (nSPS) is 11.9. The standard InChI is InChI=1S/C11H16N4O/c1-4-16-9(3)7-13-11-14-8(2)5-10(6-12)15-11/h5,9H,4,7H2,1-3H3,(H,13,14,15). The monoisotopic (exact) mass is 220 g/mol. The third kappa shape index (κ3) is 3.83. The van der Waals surface area contributed by atoms with Gasteiger partial charge in [-0.25, -0.2) is 9.97 Å². The molecule has 0 aliphatic rings. The van der Waals surface area contributed by atoms with Crippen LogP contribution in [0.5, 0.6) is 0 Å². The van der Waals surface area contributed by atoms with Crippen LogP contribution < -0.4 is 5.32 Å². The van der Waals surface area contributed by atoms with Crippen molar-refractivity contribution in [3.63, 3.8) is 0 Å². The summed E-state index contributed by atoms with van der Waals surface area (Å²) < 4.78 is 5.37. The minimum absolute atomic E-state index is 0.0969. The maximum absolute atomic E-state index is 8.76. The number of hydrogen-bond donors (Lipinski definition) is 1. The summed E-state index contributed by atoms with van der Waals surface area (Å²) in [5.41, 5.74) is 1.15. The van der Waals surface area contributed by atoms with Crippen LogP contribution in [0.25, 0.3) is 0 Å². The Bertz CT molecular complexity index is 386. The largest absolute Gasteiger partial charge is 0.377 e. The third-order valence-electron chi connectivity index (χ3n) is 1.97. The zero-order chi connectivity index (χ0) is 12.0. The lowest BCUT2D eigenvalue weighted by atomic mass is 10.3. The van der Waals surface area contributed by atoms with Crippen molar-refractivity contribution in [3.8, 4) is 6.07 Å². The Hall–Kier alpha value is -1.67. The van der Waals surface area contributed by atoms with E-state index in [1.54, 1.807) is 6.07 Å². The molecule has 0 fully saturated rings. The molecule has 1 rings (SSSR count). The number of anilines is 1. The summed E-state index contributed by atoms with van der Waals surface area (Å²) in [6.07, 6.45) is 0.0969. The minimum Gasteiger partial charge on any atom is -0.377 e. The average molecular weight is 220 g/mol. The Morgan fingerprint density at radius 1 is 1.56 bits per heavy atom. The smallest absolute Gasteiger partial charge is 0.224 e. The first-order chi connectivity index (χ1) is 7.65. The topological polar surface area (TPSA) is 70.8 Å². The van der Waals surface area contributed by atoms with Gasteiger partial charge in [0.15, 0.2) is 0 Å². The lowest BCUT2D eigenvalue weighted by molar-refractivity contribution is 0.0854. The Balaban J connectivity index is 2.60. The van der Waals surface area contributed by atoms with Crippen LogP contribution in [0.15, 0.2) is 6.07 Å². The van der Waals surface area contributed by atoms with E-state index in [1.807, 2.05) is 26.8 Å². The van der Waals surface area contributed by atoms with Crippen LogP contribution in [0.1, 0.15) is 25.2 Å². The Kier molecular flexibility index (Phi) is 4.67. The molecule has 0 spiro atoms. The van der Waals surface area contributed by atoms with Crippen LogP contribution in [-0.2, 0) is 4.74 Å². The van der Waals surface area contributed by atoms with Crippen molar-refractivity contribution in [2.24, 2.45) is 0 Å². The molecule has 1 heterocycles. The SMILES string of the molecule is CCOC(C)CNc1nc(C)cc(C#N)n1. The maximum atomic E-state index is 8.76. The van der Waals surface area contributed by atoms with Gasteiger partial charge in [0.25, 0.3) is 0 Å². The number of aromatic nitrogens is 2. The zero-order valence-electron chi connectivity index (χ0n) is 9.82. The highest BCUT2D eigenvalue weighted by molar-refractivity contribution is 5.32. The number of aryl methyl sites for hydroxylation is 1. The molecule has 1 aromatic heterocycles. The van der Waals surface area contributed by atoms with E-state index in [4.69, 9.17) is 10.00 Å². The van der Waals surface area contributed by atoms with Crippen LogP contribution in [0.2, 0.25) is 0 Å². The molecule has 0 aliphatic heterocycles. The molecule has 86 valence electrons. The Morgan fingerprint density at radius 3 is 2.94 bits per heavy atom. The second-order valence-electron chi connectivity index (χ2n) is 3.48. The van der Waals surface area contributed by atoms with Crippen molar-refractivity contribution in [2.75, 3.05) is 18.5 Å². The highest BCUT2D eigenvalue weighted by Gasteiger charge is 2.04. The molecule has 0 saturated heterocycles. The van der Waals surface area contributed by atoms with Gasteiger partial charge >= 0.3 is 0 Å². The first kappa shape index (κ1) is 12.4. The molecule has 16 heavy (non-hydrogen) atoms. The number of rotatable bonds is 5. The molecular formula is C11H16N4O. The third-order valence-corrected chi connectivity index (χ3v) is 1.97. The fourth-order valence-corrected chi connectivity index (χ4v) is 1.28. The molecule has 1 aromatic rings. The number of nitriles is 1. The van der Waals surface area contributed by atoms with Gasteiger partial charge in [0.05, 0.1) is 6.10 Å². The Labute approximate surface area is 95.5 Å². The van der Waals surface area contributed by atoms with Crippen LogP contribution >= 0.6 is 0 Å². The molecule has 0 saturated carbocycles. The minimum atomic E-state index is 0.0969. The number of ether oxygens (including phenoxy) is 1. The van der Waals surface area contributed by atoms with E-state index in [0.29, 0.717) is 24.8 Å². The van der Waals surface area contributed by atoms with Gasteiger partial charge in [-0.2, -0.15) is 5.26 Å². The van der Waals surface area contributed by atoms with Gasteiger partial charge < -0.3 is 10.1 Å². The summed E-state index contributed by atoms with van der Waals surface area (Å²) in [7, 11) is 0. The summed E-state index contributed by atoms with van der Waals surface area (Å²) in [6, 6.07) is 3.65. The fraction of sp³-hybridized carbons (Fsp3) is 0.545. The van der Waals surface area contributed by atoms with Crippen molar-refractivity contribution >= 4 is 5.95 Å². The predicted octanol–water partition coefficient (Wildman–Crippen LogP) is 1.49. The molecule has 5 nitrogen and oxygen atoms in total. The summed E-state index contributed by atoms with van der Waals surface area (Å²) >= 11 is 0. The van der Waals surface area contributed by atoms with E-state index in [9.17, 15) is 0 Å². The first-order valence-corrected chi connectivity index (χ1v) is 5.27. The average Bonchev–Trinajstić information content (AvgIpc) is 2.26. The van der Waals surface area contributed by atoms with Crippen LogP contribution in [0.4, 0.5) is 5.95 Å². The molecule has 1 N–H and O–H groups in total. The zero-order valence-corrected chi connectivity index (χ0v) is 9.82. The van der Waals surface area contributed by atoms with Crippen molar-refractivity contribution in [1.29, 1.82) is 5.26 Å². The first-order valence-electron chi connectivity index (χ1n) is 5.27.